The summed E-state index contributed by atoms with van der Waals surface area (Å²) < 4.78 is 0. The van der Waals surface area contributed by atoms with E-state index in [-0.39, 0.29) is 17.5 Å². The van der Waals surface area contributed by atoms with Gasteiger partial charge in [-0.2, -0.15) is 0 Å². The lowest BCUT2D eigenvalue weighted by molar-refractivity contribution is -0.135. The Hall–Kier alpha value is -0.920. The molecule has 0 radical (unpaired) electrons. The third kappa shape index (κ3) is 2.03. The van der Waals surface area contributed by atoms with Gasteiger partial charge >= 0.3 is 0 Å². The first-order valence-electron chi connectivity index (χ1n) is 4.42. The first-order valence-corrected chi connectivity index (χ1v) is 4.42. The molecule has 1 aliphatic carbocycles. The molecule has 0 aromatic rings. The molecule has 66 valence electrons. The zero-order chi connectivity index (χ0) is 8.97. The first kappa shape index (κ1) is 9.17. The van der Waals surface area contributed by atoms with E-state index in [1.165, 1.54) is 0 Å². The number of Topliss-reactive ketones (excluding diaryl/α,β-unsaturated/α-hetero) is 2. The van der Waals surface area contributed by atoms with Crippen molar-refractivity contribution in [1.29, 1.82) is 0 Å². The maximum absolute atomic E-state index is 11.3. The van der Waals surface area contributed by atoms with Crippen molar-refractivity contribution in [2.45, 2.75) is 32.6 Å². The van der Waals surface area contributed by atoms with Gasteiger partial charge in [-0.3, -0.25) is 9.59 Å². The molecule has 0 aromatic carbocycles. The van der Waals surface area contributed by atoms with E-state index in [0.717, 1.165) is 6.42 Å². The topological polar surface area (TPSA) is 34.1 Å². The molecule has 0 aliphatic heterocycles. The van der Waals surface area contributed by atoms with Crippen LogP contribution >= 0.6 is 0 Å². The molecule has 0 unspecified atom stereocenters. The normalized spacial score (nSPS) is 20.8. The Morgan fingerprint density at radius 2 is 1.92 bits per heavy atom. The summed E-state index contributed by atoms with van der Waals surface area (Å²) in [6, 6.07) is 0. The van der Waals surface area contributed by atoms with Crippen molar-refractivity contribution in [3.63, 3.8) is 0 Å². The number of ketones is 2. The molecular weight excluding hydrogens is 152 g/mol. The van der Waals surface area contributed by atoms with Crippen LogP contribution in [0.1, 0.15) is 32.6 Å². The largest absolute Gasteiger partial charge is 0.299 e. The van der Waals surface area contributed by atoms with E-state index in [0.29, 0.717) is 19.3 Å². The van der Waals surface area contributed by atoms with Gasteiger partial charge in [-0.25, -0.2) is 0 Å². The van der Waals surface area contributed by atoms with Gasteiger partial charge in [0.2, 0.25) is 0 Å². The van der Waals surface area contributed by atoms with Crippen LogP contribution in [0.5, 0.6) is 0 Å². The lowest BCUT2D eigenvalue weighted by atomic mass is 9.84. The van der Waals surface area contributed by atoms with Gasteiger partial charge in [-0.1, -0.05) is 12.2 Å². The number of rotatable bonds is 2. The average Bonchev–Trinajstić information content (AvgIpc) is 2.04. The van der Waals surface area contributed by atoms with Crippen LogP contribution in [0.25, 0.3) is 0 Å². The quantitative estimate of drug-likeness (QED) is 0.463. The maximum atomic E-state index is 11.3. The number of hydrogen-bond donors (Lipinski definition) is 0. The van der Waals surface area contributed by atoms with Crippen molar-refractivity contribution in [1.82, 2.24) is 0 Å². The molecule has 1 rings (SSSR count). The molecule has 0 bridgehead atoms. The van der Waals surface area contributed by atoms with Gasteiger partial charge in [-0.05, 0) is 19.8 Å². The molecule has 1 saturated carbocycles. The molecule has 0 N–H and O–H groups in total. The molecular formula is C10H14O2. The van der Waals surface area contributed by atoms with Crippen LogP contribution < -0.4 is 0 Å². The number of allylic oxidation sites excluding steroid dienone is 2. The Bertz CT molecular complexity index is 200. The minimum atomic E-state index is -0.324. The predicted octanol–water partition coefficient (Wildman–Crippen LogP) is 1.89. The molecule has 2 heteroatoms. The number of carbonyl (C=O) groups excluding carboxylic acids is 2. The second-order valence-corrected chi connectivity index (χ2v) is 3.14. The highest BCUT2D eigenvalue weighted by molar-refractivity contribution is 6.04. The van der Waals surface area contributed by atoms with Gasteiger partial charge < -0.3 is 0 Å². The molecule has 1 aliphatic rings. The van der Waals surface area contributed by atoms with Crippen LogP contribution in [0.3, 0.4) is 0 Å². The molecule has 12 heavy (non-hydrogen) atoms. The lowest BCUT2D eigenvalue weighted by Gasteiger charge is -2.17. The Labute approximate surface area is 72.7 Å². The van der Waals surface area contributed by atoms with E-state index in [1.807, 2.05) is 19.1 Å². The fourth-order valence-electron chi connectivity index (χ4n) is 1.50. The van der Waals surface area contributed by atoms with E-state index in [1.54, 1.807) is 0 Å². The van der Waals surface area contributed by atoms with Crippen LogP contribution in [0.4, 0.5) is 0 Å². The molecule has 0 spiro atoms. The van der Waals surface area contributed by atoms with E-state index < -0.39 is 0 Å². The third-order valence-corrected chi connectivity index (χ3v) is 2.23. The summed E-state index contributed by atoms with van der Waals surface area (Å²) in [5.41, 5.74) is 0. The summed E-state index contributed by atoms with van der Waals surface area (Å²) in [4.78, 5) is 22.5. The molecule has 1 fully saturated rings. The summed E-state index contributed by atoms with van der Waals surface area (Å²) >= 11 is 0. The predicted molar refractivity (Wildman–Crippen MR) is 46.8 cm³/mol. The highest BCUT2D eigenvalue weighted by Crippen LogP contribution is 2.20. The summed E-state index contributed by atoms with van der Waals surface area (Å²) in [7, 11) is 0. The minimum Gasteiger partial charge on any atom is -0.299 e. The van der Waals surface area contributed by atoms with Gasteiger partial charge in [-0.15, -0.1) is 0 Å². The highest BCUT2D eigenvalue weighted by Gasteiger charge is 2.28. The van der Waals surface area contributed by atoms with Gasteiger partial charge in [0, 0.05) is 12.8 Å². The molecule has 0 saturated heterocycles. The van der Waals surface area contributed by atoms with Crippen LogP contribution in [-0.2, 0) is 9.59 Å². The van der Waals surface area contributed by atoms with Crippen molar-refractivity contribution in [2.24, 2.45) is 5.92 Å². The standard InChI is InChI=1S/C10H14O2/c1-2-3-5-8-9(11)6-4-7-10(8)12/h2-3,8H,4-7H2,1H3. The minimum absolute atomic E-state index is 0.129. The number of hydrogen-bond acceptors (Lipinski definition) is 2. The number of carbonyl (C=O) groups is 2. The maximum Gasteiger partial charge on any atom is 0.143 e. The molecule has 2 nitrogen and oxygen atoms in total. The van der Waals surface area contributed by atoms with Crippen LogP contribution in [0.2, 0.25) is 0 Å². The monoisotopic (exact) mass is 166 g/mol. The summed E-state index contributed by atoms with van der Waals surface area (Å²) in [5, 5.41) is 0. The van der Waals surface area contributed by atoms with Crippen LogP contribution in [-0.4, -0.2) is 11.6 Å². The Kier molecular flexibility index (Phi) is 3.20. The molecule has 0 amide bonds. The van der Waals surface area contributed by atoms with E-state index in [9.17, 15) is 9.59 Å². The van der Waals surface area contributed by atoms with Crippen molar-refractivity contribution >= 4 is 11.6 Å². The van der Waals surface area contributed by atoms with Crippen LogP contribution in [0.15, 0.2) is 12.2 Å². The second kappa shape index (κ2) is 4.19. The summed E-state index contributed by atoms with van der Waals surface area (Å²) in [6.07, 6.45) is 6.32. The lowest BCUT2D eigenvalue weighted by Crippen LogP contribution is -2.27. The van der Waals surface area contributed by atoms with E-state index >= 15 is 0 Å². The van der Waals surface area contributed by atoms with Crippen LogP contribution in [0, 0.1) is 5.92 Å². The SMILES string of the molecule is CC=CCC1C(=O)CCCC1=O. The molecule has 0 heterocycles. The van der Waals surface area contributed by atoms with Crippen molar-refractivity contribution < 1.29 is 9.59 Å². The Balaban J connectivity index is 2.57. The molecule has 0 aromatic heterocycles. The fraction of sp³-hybridized carbons (Fsp3) is 0.600. The zero-order valence-electron chi connectivity index (χ0n) is 7.38. The fourth-order valence-corrected chi connectivity index (χ4v) is 1.50. The van der Waals surface area contributed by atoms with E-state index in [4.69, 9.17) is 0 Å². The van der Waals surface area contributed by atoms with Crippen molar-refractivity contribution in [2.75, 3.05) is 0 Å². The Morgan fingerprint density at radius 1 is 1.33 bits per heavy atom. The van der Waals surface area contributed by atoms with Crippen molar-refractivity contribution in [3.05, 3.63) is 12.2 Å². The summed E-state index contributed by atoms with van der Waals surface area (Å²) in [6.45, 7) is 1.90. The van der Waals surface area contributed by atoms with Gasteiger partial charge in [0.25, 0.3) is 0 Å². The first-order chi connectivity index (χ1) is 5.75. The Morgan fingerprint density at radius 3 is 2.42 bits per heavy atom. The van der Waals surface area contributed by atoms with Gasteiger partial charge in [0.1, 0.15) is 11.6 Å². The second-order valence-electron chi connectivity index (χ2n) is 3.14. The highest BCUT2D eigenvalue weighted by atomic mass is 16.2. The molecule has 0 atom stereocenters. The summed E-state index contributed by atoms with van der Waals surface area (Å²) in [5.74, 6) is -0.0661. The van der Waals surface area contributed by atoms with Gasteiger partial charge in [0.15, 0.2) is 0 Å². The smallest absolute Gasteiger partial charge is 0.143 e. The van der Waals surface area contributed by atoms with Crippen molar-refractivity contribution in [3.8, 4) is 0 Å². The zero-order valence-corrected chi connectivity index (χ0v) is 7.38. The average molecular weight is 166 g/mol. The third-order valence-electron chi connectivity index (χ3n) is 2.23. The van der Waals surface area contributed by atoms with Gasteiger partial charge in [0.05, 0.1) is 5.92 Å². The van der Waals surface area contributed by atoms with E-state index in [2.05, 4.69) is 0 Å².